The van der Waals surface area contributed by atoms with Crippen LogP contribution in [0.4, 0.5) is 11.4 Å². The molecule has 1 saturated heterocycles. The second-order valence-electron chi connectivity index (χ2n) is 7.03. The Morgan fingerprint density at radius 1 is 1.20 bits per heavy atom. The molecule has 152 valence electrons. The maximum Gasteiger partial charge on any atom is 0.363 e. The molecule has 0 bridgehead atoms. The van der Waals surface area contributed by atoms with E-state index in [0.29, 0.717) is 36.1 Å². The van der Waals surface area contributed by atoms with Gasteiger partial charge in [0.25, 0.3) is 5.69 Å². The van der Waals surface area contributed by atoms with E-state index in [-0.39, 0.29) is 23.2 Å². The lowest BCUT2D eigenvalue weighted by atomic mass is 10.1. The zero-order valence-corrected chi connectivity index (χ0v) is 16.3. The maximum absolute atomic E-state index is 12.2. The quantitative estimate of drug-likeness (QED) is 0.327. The van der Waals surface area contributed by atoms with Gasteiger partial charge in [0.05, 0.1) is 4.92 Å². The molecule has 8 nitrogen and oxygen atoms in total. The maximum atomic E-state index is 12.2. The average molecular weight is 405 g/mol. The number of aryl methyl sites for hydroxylation is 1. The number of carbonyl (C=O) groups excluding carboxylic acids is 2. The topological polar surface area (TPSA) is 102 Å². The number of aliphatic imine (C=N–C) groups is 1. The van der Waals surface area contributed by atoms with E-state index in [2.05, 4.69) is 4.99 Å². The Morgan fingerprint density at radius 2 is 1.97 bits per heavy atom. The third kappa shape index (κ3) is 3.71. The lowest BCUT2D eigenvalue weighted by Gasteiger charge is -2.15. The number of cyclic esters (lactones) is 1. The first-order valence-corrected chi connectivity index (χ1v) is 9.67. The van der Waals surface area contributed by atoms with Crippen LogP contribution in [0.1, 0.15) is 36.5 Å². The van der Waals surface area contributed by atoms with Gasteiger partial charge < -0.3 is 9.64 Å². The Hall–Kier alpha value is -3.81. The van der Waals surface area contributed by atoms with Gasteiger partial charge in [-0.2, -0.15) is 0 Å². The molecule has 0 atom stereocenters. The number of carbonyl (C=O) groups is 2. The summed E-state index contributed by atoms with van der Waals surface area (Å²) in [5, 5.41) is 11.3. The highest BCUT2D eigenvalue weighted by molar-refractivity contribution is 6.13. The van der Waals surface area contributed by atoms with E-state index < -0.39 is 10.9 Å². The molecule has 1 fully saturated rings. The smallest absolute Gasteiger partial charge is 0.363 e. The minimum atomic E-state index is -0.619. The van der Waals surface area contributed by atoms with Gasteiger partial charge >= 0.3 is 5.97 Å². The number of nitrogens with zero attached hydrogens (tertiary/aromatic N) is 3. The van der Waals surface area contributed by atoms with Crippen molar-refractivity contribution in [3.8, 4) is 0 Å². The minimum Gasteiger partial charge on any atom is -0.402 e. The molecule has 0 spiro atoms. The summed E-state index contributed by atoms with van der Waals surface area (Å²) in [7, 11) is 0. The van der Waals surface area contributed by atoms with Gasteiger partial charge in [0.2, 0.25) is 11.8 Å². The van der Waals surface area contributed by atoms with Gasteiger partial charge in [0.1, 0.15) is 0 Å². The van der Waals surface area contributed by atoms with Gasteiger partial charge in [-0.25, -0.2) is 9.79 Å². The minimum absolute atomic E-state index is 0.00876. The molecule has 2 aromatic rings. The average Bonchev–Trinajstić information content (AvgIpc) is 3.33. The van der Waals surface area contributed by atoms with E-state index >= 15 is 0 Å². The molecule has 2 aliphatic heterocycles. The first kappa shape index (κ1) is 19.5. The van der Waals surface area contributed by atoms with Crippen LogP contribution in [-0.2, 0) is 20.7 Å². The highest BCUT2D eigenvalue weighted by atomic mass is 16.6. The van der Waals surface area contributed by atoms with Crippen molar-refractivity contribution < 1.29 is 19.2 Å². The molecular formula is C22H19N3O5. The van der Waals surface area contributed by atoms with Crippen molar-refractivity contribution in [2.75, 3.05) is 11.4 Å². The van der Waals surface area contributed by atoms with Crippen LogP contribution in [0.2, 0.25) is 0 Å². The molecule has 30 heavy (non-hydrogen) atoms. The number of amides is 1. The van der Waals surface area contributed by atoms with E-state index in [1.807, 2.05) is 6.92 Å². The molecule has 0 aliphatic carbocycles. The third-order valence-electron chi connectivity index (χ3n) is 5.11. The Kier molecular flexibility index (Phi) is 5.14. The van der Waals surface area contributed by atoms with Gasteiger partial charge in [-0.3, -0.25) is 14.9 Å². The van der Waals surface area contributed by atoms with Crippen LogP contribution < -0.4 is 4.90 Å². The Labute approximate surface area is 172 Å². The summed E-state index contributed by atoms with van der Waals surface area (Å²) in [5.74, 6) is -0.364. The van der Waals surface area contributed by atoms with Crippen LogP contribution in [0.15, 0.2) is 53.2 Å². The van der Waals surface area contributed by atoms with Gasteiger partial charge in [-0.15, -0.1) is 0 Å². The molecular weight excluding hydrogens is 386 g/mol. The van der Waals surface area contributed by atoms with Crippen LogP contribution in [-0.4, -0.2) is 29.2 Å². The lowest BCUT2D eigenvalue weighted by Crippen LogP contribution is -2.23. The Morgan fingerprint density at radius 3 is 2.60 bits per heavy atom. The van der Waals surface area contributed by atoms with E-state index in [1.165, 1.54) is 12.1 Å². The van der Waals surface area contributed by atoms with E-state index in [1.54, 1.807) is 41.3 Å². The van der Waals surface area contributed by atoms with Crippen molar-refractivity contribution in [2.24, 2.45) is 4.99 Å². The van der Waals surface area contributed by atoms with Crippen LogP contribution in [0.25, 0.3) is 6.08 Å². The first-order valence-electron chi connectivity index (χ1n) is 9.67. The number of esters is 1. The van der Waals surface area contributed by atoms with Crippen LogP contribution >= 0.6 is 0 Å². The zero-order valence-electron chi connectivity index (χ0n) is 16.3. The van der Waals surface area contributed by atoms with Gasteiger partial charge in [0, 0.05) is 35.8 Å². The number of hydrogen-bond donors (Lipinski definition) is 0. The standard InChI is InChI=1S/C22H19N3O5/c1-2-15-6-5-14(13-19(15)25(28)29)12-18-22(27)30-21(23-18)16-7-9-17(10-8-16)24-11-3-4-20(24)26/h5-10,12-13H,2-4,11H2,1H3/b18-12-. The summed E-state index contributed by atoms with van der Waals surface area (Å²) in [6, 6.07) is 11.9. The molecule has 8 heteroatoms. The molecule has 0 aromatic heterocycles. The Balaban J connectivity index is 1.59. The normalized spacial score (nSPS) is 17.4. The number of nitro groups is 1. The van der Waals surface area contributed by atoms with Crippen molar-refractivity contribution in [1.29, 1.82) is 0 Å². The fourth-order valence-electron chi connectivity index (χ4n) is 3.54. The molecule has 2 aliphatic rings. The van der Waals surface area contributed by atoms with Gasteiger partial charge in [-0.1, -0.05) is 19.1 Å². The van der Waals surface area contributed by atoms with E-state index in [9.17, 15) is 19.7 Å². The molecule has 2 heterocycles. The molecule has 0 N–H and O–H groups in total. The second kappa shape index (κ2) is 7.90. The molecule has 2 aromatic carbocycles. The highest BCUT2D eigenvalue weighted by Crippen LogP contribution is 2.26. The Bertz CT molecular complexity index is 1100. The number of rotatable bonds is 5. The number of benzene rings is 2. The first-order chi connectivity index (χ1) is 14.5. The van der Waals surface area contributed by atoms with E-state index in [4.69, 9.17) is 4.74 Å². The monoisotopic (exact) mass is 405 g/mol. The third-order valence-corrected chi connectivity index (χ3v) is 5.11. The van der Waals surface area contributed by atoms with Crippen molar-refractivity contribution in [1.82, 2.24) is 0 Å². The van der Waals surface area contributed by atoms with Crippen molar-refractivity contribution in [3.05, 3.63) is 75.0 Å². The number of nitro benzene ring substituents is 1. The molecule has 0 unspecified atom stereocenters. The second-order valence-corrected chi connectivity index (χ2v) is 7.03. The zero-order chi connectivity index (χ0) is 21.3. The fourth-order valence-corrected chi connectivity index (χ4v) is 3.54. The molecule has 4 rings (SSSR count). The van der Waals surface area contributed by atoms with E-state index in [0.717, 1.165) is 12.1 Å². The fraction of sp³-hybridized carbons (Fsp3) is 0.227. The lowest BCUT2D eigenvalue weighted by molar-refractivity contribution is -0.385. The summed E-state index contributed by atoms with van der Waals surface area (Å²) in [4.78, 5) is 40.9. The van der Waals surface area contributed by atoms with Crippen molar-refractivity contribution >= 4 is 35.2 Å². The van der Waals surface area contributed by atoms with Crippen molar-refractivity contribution in [2.45, 2.75) is 26.2 Å². The van der Waals surface area contributed by atoms with Gasteiger partial charge in [0.15, 0.2) is 5.70 Å². The predicted octanol–water partition coefficient (Wildman–Crippen LogP) is 3.63. The SMILES string of the molecule is CCc1ccc(/C=C2\N=C(c3ccc(N4CCCC4=O)cc3)OC2=O)cc1[N+](=O)[O-]. The summed E-state index contributed by atoms with van der Waals surface area (Å²) in [5.41, 5.74) is 2.60. The molecule has 0 saturated carbocycles. The number of hydrogen-bond acceptors (Lipinski definition) is 6. The molecule has 0 radical (unpaired) electrons. The van der Waals surface area contributed by atoms with Crippen LogP contribution in [0.3, 0.4) is 0 Å². The summed E-state index contributed by atoms with van der Waals surface area (Å²) < 4.78 is 5.27. The summed E-state index contributed by atoms with van der Waals surface area (Å²) in [6.45, 7) is 2.54. The summed E-state index contributed by atoms with van der Waals surface area (Å²) in [6.07, 6.45) is 3.41. The van der Waals surface area contributed by atoms with Crippen LogP contribution in [0.5, 0.6) is 0 Å². The number of ether oxygens (including phenoxy) is 1. The predicted molar refractivity (Wildman–Crippen MR) is 111 cm³/mol. The van der Waals surface area contributed by atoms with Crippen LogP contribution in [0, 0.1) is 10.1 Å². The van der Waals surface area contributed by atoms with Gasteiger partial charge in [-0.05, 0) is 48.7 Å². The highest BCUT2D eigenvalue weighted by Gasteiger charge is 2.26. The summed E-state index contributed by atoms with van der Waals surface area (Å²) >= 11 is 0. The van der Waals surface area contributed by atoms with Crippen molar-refractivity contribution in [3.63, 3.8) is 0 Å². The number of anilines is 1. The largest absolute Gasteiger partial charge is 0.402 e. The molecule has 1 amide bonds.